The van der Waals surface area contributed by atoms with Gasteiger partial charge in [-0.15, -0.1) is 0 Å². The van der Waals surface area contributed by atoms with Crippen LogP contribution in [0.2, 0.25) is 0 Å². The summed E-state index contributed by atoms with van der Waals surface area (Å²) < 4.78 is 1.58. The van der Waals surface area contributed by atoms with E-state index in [9.17, 15) is 9.59 Å². The Morgan fingerprint density at radius 3 is 2.44 bits per heavy atom. The molecule has 136 valence electrons. The normalized spacial score (nSPS) is 14.7. The van der Waals surface area contributed by atoms with Crippen LogP contribution in [0.3, 0.4) is 0 Å². The van der Waals surface area contributed by atoms with Gasteiger partial charge in [0.05, 0.1) is 11.1 Å². The van der Waals surface area contributed by atoms with Gasteiger partial charge in [0.15, 0.2) is 0 Å². The average molecular weight is 343 g/mol. The maximum absolute atomic E-state index is 12.8. The number of ketones is 1. The molecule has 0 saturated carbocycles. The first-order valence-electron chi connectivity index (χ1n) is 8.73. The molecule has 0 aliphatic carbocycles. The van der Waals surface area contributed by atoms with E-state index in [2.05, 4.69) is 25.8 Å². The van der Waals surface area contributed by atoms with Crippen LogP contribution in [0.1, 0.15) is 59.1 Å². The maximum atomic E-state index is 12.8. The lowest BCUT2D eigenvalue weighted by molar-refractivity contribution is -0.127. The third kappa shape index (κ3) is 3.66. The third-order valence-electron chi connectivity index (χ3n) is 5.34. The first-order chi connectivity index (χ1) is 11.5. The highest BCUT2D eigenvalue weighted by molar-refractivity contribution is 5.85. The molecule has 2 rings (SSSR count). The van der Waals surface area contributed by atoms with Crippen LogP contribution < -0.4 is 5.56 Å². The summed E-state index contributed by atoms with van der Waals surface area (Å²) in [7, 11) is 1.88. The number of hydrogen-bond acceptors (Lipinski definition) is 4. The maximum Gasteiger partial charge on any atom is 0.262 e. The molecular formula is C20H29N3O2. The quantitative estimate of drug-likeness (QED) is 0.837. The van der Waals surface area contributed by atoms with Gasteiger partial charge in [0, 0.05) is 18.9 Å². The van der Waals surface area contributed by atoms with Crippen LogP contribution in [0.5, 0.6) is 0 Å². The standard InChI is InChI=1S/C20H29N3O2/c1-8-20(6,14(2)24)22(7)13-15-12-21-17-11-16(19(3,4)5)9-10-23(17)18(15)25/h9-12H,8,13H2,1-7H3/t20-/m0/s1. The van der Waals surface area contributed by atoms with Gasteiger partial charge in [-0.1, -0.05) is 27.7 Å². The molecule has 5 heteroatoms. The van der Waals surface area contributed by atoms with E-state index in [1.54, 1.807) is 23.7 Å². The first-order valence-corrected chi connectivity index (χ1v) is 8.73. The largest absolute Gasteiger partial charge is 0.298 e. The van der Waals surface area contributed by atoms with Crippen LogP contribution in [0.15, 0.2) is 29.3 Å². The molecule has 2 aromatic rings. The van der Waals surface area contributed by atoms with E-state index in [1.165, 1.54) is 0 Å². The third-order valence-corrected chi connectivity index (χ3v) is 5.34. The summed E-state index contributed by atoms with van der Waals surface area (Å²) in [4.78, 5) is 31.2. The van der Waals surface area contributed by atoms with E-state index in [4.69, 9.17) is 0 Å². The van der Waals surface area contributed by atoms with Crippen molar-refractivity contribution >= 4 is 11.4 Å². The van der Waals surface area contributed by atoms with Crippen LogP contribution in [0.25, 0.3) is 5.65 Å². The van der Waals surface area contributed by atoms with Crippen molar-refractivity contribution in [2.75, 3.05) is 7.05 Å². The number of Topliss-reactive ketones (excluding diaryl/α,β-unsaturated/α-hetero) is 1. The zero-order valence-corrected chi connectivity index (χ0v) is 16.4. The molecular weight excluding hydrogens is 314 g/mol. The summed E-state index contributed by atoms with van der Waals surface area (Å²) in [5.74, 6) is 0.0983. The fraction of sp³-hybridized carbons (Fsp3) is 0.550. The molecule has 5 nitrogen and oxygen atoms in total. The van der Waals surface area contributed by atoms with E-state index in [1.807, 2.05) is 37.9 Å². The summed E-state index contributed by atoms with van der Waals surface area (Å²) in [6, 6.07) is 3.93. The summed E-state index contributed by atoms with van der Waals surface area (Å²) in [6.07, 6.45) is 4.12. The minimum atomic E-state index is -0.581. The van der Waals surface area contributed by atoms with Crippen molar-refractivity contribution in [2.45, 2.75) is 65.5 Å². The second-order valence-corrected chi connectivity index (χ2v) is 8.02. The minimum Gasteiger partial charge on any atom is -0.298 e. The highest BCUT2D eigenvalue weighted by Gasteiger charge is 2.32. The molecule has 2 heterocycles. The lowest BCUT2D eigenvalue weighted by atomic mass is 9.88. The molecule has 0 bridgehead atoms. The Bertz CT molecular complexity index is 848. The van der Waals surface area contributed by atoms with Crippen LogP contribution in [0.4, 0.5) is 0 Å². The predicted molar refractivity (Wildman–Crippen MR) is 101 cm³/mol. The number of likely N-dealkylation sites (N-methyl/N-ethyl adjacent to an activating group) is 1. The fourth-order valence-electron chi connectivity index (χ4n) is 2.91. The van der Waals surface area contributed by atoms with Crippen LogP contribution >= 0.6 is 0 Å². The van der Waals surface area contributed by atoms with E-state index in [0.717, 1.165) is 5.56 Å². The number of hydrogen-bond donors (Lipinski definition) is 0. The van der Waals surface area contributed by atoms with E-state index in [0.29, 0.717) is 24.2 Å². The highest BCUT2D eigenvalue weighted by atomic mass is 16.1. The number of fused-ring (bicyclic) bond motifs is 1. The summed E-state index contributed by atoms with van der Waals surface area (Å²) >= 11 is 0. The zero-order chi connectivity index (χ0) is 19.0. The zero-order valence-electron chi connectivity index (χ0n) is 16.4. The Morgan fingerprint density at radius 2 is 1.92 bits per heavy atom. The van der Waals surface area contributed by atoms with E-state index in [-0.39, 0.29) is 16.8 Å². The average Bonchev–Trinajstić information content (AvgIpc) is 2.55. The number of aromatic nitrogens is 2. The molecule has 1 atom stereocenters. The molecule has 0 spiro atoms. The molecule has 2 aromatic heterocycles. The SMILES string of the molecule is CC[C@@](C)(C(C)=O)N(C)Cc1cnc2cc(C(C)(C)C)ccn2c1=O. The van der Waals surface area contributed by atoms with Crippen LogP contribution in [0, 0.1) is 0 Å². The Kier molecular flexibility index (Phi) is 5.19. The van der Waals surface area contributed by atoms with Crippen molar-refractivity contribution in [3.05, 3.63) is 46.0 Å². The molecule has 0 radical (unpaired) electrons. The van der Waals surface area contributed by atoms with Gasteiger partial charge in [-0.3, -0.25) is 18.9 Å². The molecule has 0 saturated heterocycles. The van der Waals surface area contributed by atoms with Crippen molar-refractivity contribution in [1.29, 1.82) is 0 Å². The predicted octanol–water partition coefficient (Wildman–Crippen LogP) is 3.18. The molecule has 0 unspecified atom stereocenters. The molecule has 0 amide bonds. The summed E-state index contributed by atoms with van der Waals surface area (Å²) in [5.41, 5.74) is 1.71. The molecule has 0 aliphatic heterocycles. The second-order valence-electron chi connectivity index (χ2n) is 8.02. The molecule has 25 heavy (non-hydrogen) atoms. The fourth-order valence-corrected chi connectivity index (χ4v) is 2.91. The van der Waals surface area contributed by atoms with Crippen molar-refractivity contribution in [1.82, 2.24) is 14.3 Å². The van der Waals surface area contributed by atoms with E-state index < -0.39 is 5.54 Å². The van der Waals surface area contributed by atoms with Crippen molar-refractivity contribution in [3.63, 3.8) is 0 Å². The van der Waals surface area contributed by atoms with Crippen LogP contribution in [-0.4, -0.2) is 32.7 Å². The van der Waals surface area contributed by atoms with Gasteiger partial charge in [0.25, 0.3) is 5.56 Å². The topological polar surface area (TPSA) is 54.7 Å². The van der Waals surface area contributed by atoms with Gasteiger partial charge in [-0.2, -0.15) is 0 Å². The molecule has 0 fully saturated rings. The highest BCUT2D eigenvalue weighted by Crippen LogP contribution is 2.23. The van der Waals surface area contributed by atoms with Gasteiger partial charge >= 0.3 is 0 Å². The van der Waals surface area contributed by atoms with Gasteiger partial charge in [-0.25, -0.2) is 4.98 Å². The van der Waals surface area contributed by atoms with Crippen LogP contribution in [-0.2, 0) is 16.8 Å². The Balaban J connectivity index is 2.43. The number of nitrogens with zero attached hydrogens (tertiary/aromatic N) is 3. The lowest BCUT2D eigenvalue weighted by Crippen LogP contribution is -2.49. The summed E-state index contributed by atoms with van der Waals surface area (Å²) in [5, 5.41) is 0. The summed E-state index contributed by atoms with van der Waals surface area (Å²) in [6.45, 7) is 12.3. The van der Waals surface area contributed by atoms with E-state index >= 15 is 0 Å². The number of carbonyl (C=O) groups excluding carboxylic acids is 1. The van der Waals surface area contributed by atoms with Gasteiger partial charge in [0.1, 0.15) is 11.4 Å². The molecule has 0 N–H and O–H groups in total. The number of rotatable bonds is 5. The second kappa shape index (κ2) is 6.71. The first kappa shape index (κ1) is 19.3. The number of carbonyl (C=O) groups is 1. The monoisotopic (exact) mass is 343 g/mol. The Labute approximate surface area is 149 Å². The minimum absolute atomic E-state index is 0.00277. The van der Waals surface area contributed by atoms with Gasteiger partial charge < -0.3 is 0 Å². The van der Waals surface area contributed by atoms with Crippen molar-refractivity contribution in [3.8, 4) is 0 Å². The molecule has 0 aromatic carbocycles. The Morgan fingerprint density at radius 1 is 1.28 bits per heavy atom. The van der Waals surface area contributed by atoms with Crippen molar-refractivity contribution in [2.24, 2.45) is 0 Å². The Hall–Kier alpha value is -2.01. The smallest absolute Gasteiger partial charge is 0.262 e. The van der Waals surface area contributed by atoms with Crippen molar-refractivity contribution < 1.29 is 4.79 Å². The van der Waals surface area contributed by atoms with Gasteiger partial charge in [0.2, 0.25) is 0 Å². The number of pyridine rings is 1. The van der Waals surface area contributed by atoms with Gasteiger partial charge in [-0.05, 0) is 50.4 Å². The molecule has 0 aliphatic rings. The lowest BCUT2D eigenvalue weighted by Gasteiger charge is -2.35.